The standard InChI is InChI=1S/C8H15FNO.Al.2H/c9-6-8(11)3-1-7(5-10)2-4-8;;;/h11H,1-6,10H2;;;. The van der Waals surface area contributed by atoms with Crippen LogP contribution in [0.5, 0.6) is 0 Å². The molecule has 1 aliphatic rings. The molecule has 0 aromatic carbocycles. The summed E-state index contributed by atoms with van der Waals surface area (Å²) in [5.41, 5.74) is 4.60. The molecule has 1 rings (SSSR count). The zero-order valence-electron chi connectivity index (χ0n) is 7.65. The molecule has 12 heavy (non-hydrogen) atoms. The van der Waals surface area contributed by atoms with E-state index in [-0.39, 0.29) is 4.28 Å². The molecule has 0 saturated heterocycles. The van der Waals surface area contributed by atoms with Gasteiger partial charge in [-0.3, -0.25) is 0 Å². The SMILES string of the molecule is NC[C]1([AlH2])CCC(O)(CF)CC1. The molecule has 0 aromatic heterocycles. The fourth-order valence-corrected chi connectivity index (χ4v) is 2.16. The van der Waals surface area contributed by atoms with E-state index in [1.807, 2.05) is 0 Å². The van der Waals surface area contributed by atoms with Crippen LogP contribution in [0.2, 0.25) is 4.28 Å². The van der Waals surface area contributed by atoms with E-state index in [2.05, 4.69) is 0 Å². The predicted octanol–water partition coefficient (Wildman–Crippen LogP) is 0.0115. The Labute approximate surface area is 80.7 Å². The second kappa shape index (κ2) is 3.63. The number of halogens is 1. The van der Waals surface area contributed by atoms with Crippen LogP contribution in [-0.4, -0.2) is 40.2 Å². The lowest BCUT2D eigenvalue weighted by Gasteiger charge is -2.40. The fourth-order valence-electron chi connectivity index (χ4n) is 1.66. The number of hydrogen-bond donors (Lipinski definition) is 2. The molecule has 0 radical (unpaired) electrons. The summed E-state index contributed by atoms with van der Waals surface area (Å²) in [5.74, 6) is 0. The van der Waals surface area contributed by atoms with Gasteiger partial charge in [0, 0.05) is 0 Å². The number of rotatable bonds is 2. The summed E-state index contributed by atoms with van der Waals surface area (Å²) in [4.78, 5) is 0. The predicted molar refractivity (Wildman–Crippen MR) is 49.7 cm³/mol. The van der Waals surface area contributed by atoms with Crippen LogP contribution in [0.1, 0.15) is 25.7 Å². The van der Waals surface area contributed by atoms with Gasteiger partial charge in [-0.05, 0) is 19.4 Å². The van der Waals surface area contributed by atoms with E-state index in [4.69, 9.17) is 5.73 Å². The molecule has 0 bridgehead atoms. The fraction of sp³-hybridized carbons (Fsp3) is 1.00. The second-order valence-corrected chi connectivity index (χ2v) is 6.49. The van der Waals surface area contributed by atoms with E-state index in [1.165, 1.54) is 0 Å². The minimum atomic E-state index is -1.02. The lowest BCUT2D eigenvalue weighted by atomic mass is 9.78. The van der Waals surface area contributed by atoms with Crippen LogP contribution >= 0.6 is 0 Å². The van der Waals surface area contributed by atoms with Crippen LogP contribution in [0.15, 0.2) is 0 Å². The van der Waals surface area contributed by atoms with E-state index in [0.29, 0.717) is 19.4 Å². The third kappa shape index (κ3) is 2.20. The smallest absolute Gasteiger partial charge is 0.223 e. The highest BCUT2D eigenvalue weighted by Crippen LogP contribution is 2.43. The van der Waals surface area contributed by atoms with Crippen LogP contribution in [0, 0.1) is 0 Å². The van der Waals surface area contributed by atoms with Crippen molar-refractivity contribution in [2.45, 2.75) is 35.6 Å². The average Bonchev–Trinajstić information content (AvgIpc) is 2.11. The first-order valence-electron chi connectivity index (χ1n) is 4.52. The Morgan fingerprint density at radius 3 is 2.17 bits per heavy atom. The highest BCUT2D eigenvalue weighted by molar-refractivity contribution is 6.15. The lowest BCUT2D eigenvalue weighted by molar-refractivity contribution is -0.0250. The molecule has 1 fully saturated rings. The third-order valence-electron chi connectivity index (χ3n) is 3.13. The van der Waals surface area contributed by atoms with Crippen LogP contribution in [0.4, 0.5) is 4.39 Å². The molecule has 0 amide bonds. The first kappa shape index (κ1) is 10.5. The monoisotopic (exact) mass is 189 g/mol. The second-order valence-electron chi connectivity index (χ2n) is 4.37. The van der Waals surface area contributed by atoms with E-state index in [1.54, 1.807) is 0 Å². The van der Waals surface area contributed by atoms with Crippen molar-refractivity contribution < 1.29 is 9.50 Å². The number of aliphatic hydroxyl groups is 1. The zero-order chi connectivity index (χ0) is 9.24. The number of hydrogen-bond acceptors (Lipinski definition) is 2. The average molecular weight is 189 g/mol. The minimum Gasteiger partial charge on any atom is -0.387 e. The van der Waals surface area contributed by atoms with Crippen LogP contribution in [0.3, 0.4) is 0 Å². The Morgan fingerprint density at radius 2 is 1.83 bits per heavy atom. The molecule has 0 heterocycles. The Kier molecular flexibility index (Phi) is 3.17. The van der Waals surface area contributed by atoms with E-state index >= 15 is 0 Å². The topological polar surface area (TPSA) is 46.2 Å². The van der Waals surface area contributed by atoms with Crippen molar-refractivity contribution in [1.29, 1.82) is 0 Å². The van der Waals surface area contributed by atoms with Crippen molar-refractivity contribution in [2.75, 3.05) is 13.2 Å². The quantitative estimate of drug-likeness (QED) is 0.601. The van der Waals surface area contributed by atoms with Crippen molar-refractivity contribution in [3.8, 4) is 0 Å². The molecule has 70 valence electrons. The first-order valence-corrected chi connectivity index (χ1v) is 5.52. The summed E-state index contributed by atoms with van der Waals surface area (Å²) in [5, 5.41) is 9.61. The number of nitrogens with two attached hydrogens (primary N) is 1. The third-order valence-corrected chi connectivity index (χ3v) is 4.54. The van der Waals surface area contributed by atoms with Gasteiger partial charge in [0.15, 0.2) is 0 Å². The van der Waals surface area contributed by atoms with Gasteiger partial charge in [0.1, 0.15) is 6.67 Å². The summed E-state index contributed by atoms with van der Waals surface area (Å²) in [6.45, 7) is 0.0940. The molecular weight excluding hydrogens is 172 g/mol. The van der Waals surface area contributed by atoms with Crippen LogP contribution < -0.4 is 5.73 Å². The maximum absolute atomic E-state index is 12.3. The van der Waals surface area contributed by atoms with Gasteiger partial charge in [-0.1, -0.05) is 17.1 Å². The molecule has 0 unspecified atom stereocenters. The maximum Gasteiger partial charge on any atom is 0.223 e. The van der Waals surface area contributed by atoms with Gasteiger partial charge in [0.05, 0.1) is 5.60 Å². The number of alkyl halides is 1. The Balaban J connectivity index is 2.49. The summed E-state index contributed by atoms with van der Waals surface area (Å²) in [7, 11) is 0. The van der Waals surface area contributed by atoms with Crippen molar-refractivity contribution >= 4 is 16.3 Å². The van der Waals surface area contributed by atoms with Crippen LogP contribution in [0.25, 0.3) is 0 Å². The van der Waals surface area contributed by atoms with E-state index < -0.39 is 12.3 Å². The highest BCUT2D eigenvalue weighted by atomic mass is 27.0. The molecular formula is C8H17AlFNO. The summed E-state index contributed by atoms with van der Waals surface area (Å²) in [6.07, 6.45) is 2.97. The van der Waals surface area contributed by atoms with E-state index in [0.717, 1.165) is 29.1 Å². The van der Waals surface area contributed by atoms with E-state index in [9.17, 15) is 9.50 Å². The van der Waals surface area contributed by atoms with Crippen molar-refractivity contribution in [1.82, 2.24) is 0 Å². The molecule has 2 nitrogen and oxygen atoms in total. The lowest BCUT2D eigenvalue weighted by Crippen LogP contribution is -2.40. The first-order chi connectivity index (χ1) is 5.54. The Bertz CT molecular complexity index is 139. The summed E-state index contributed by atoms with van der Waals surface area (Å²) < 4.78 is 12.6. The van der Waals surface area contributed by atoms with Crippen molar-refractivity contribution in [3.63, 3.8) is 0 Å². The maximum atomic E-state index is 12.3. The minimum absolute atomic E-state index is 0.265. The van der Waals surface area contributed by atoms with Gasteiger partial charge in [0.25, 0.3) is 0 Å². The molecule has 4 heteroatoms. The Hall–Kier alpha value is 0.382. The molecule has 3 N–H and O–H groups in total. The van der Waals surface area contributed by atoms with Gasteiger partial charge in [-0.15, -0.1) is 0 Å². The largest absolute Gasteiger partial charge is 0.387 e. The van der Waals surface area contributed by atoms with Gasteiger partial charge in [-0.25, -0.2) is 4.39 Å². The molecule has 0 aliphatic heterocycles. The molecule has 1 saturated carbocycles. The van der Waals surface area contributed by atoms with Crippen molar-refractivity contribution in [3.05, 3.63) is 0 Å². The van der Waals surface area contributed by atoms with Crippen LogP contribution in [-0.2, 0) is 0 Å². The zero-order valence-corrected chi connectivity index (χ0v) is 9.65. The van der Waals surface area contributed by atoms with Crippen molar-refractivity contribution in [2.24, 2.45) is 5.73 Å². The molecule has 0 atom stereocenters. The van der Waals surface area contributed by atoms with Gasteiger partial charge < -0.3 is 10.8 Å². The molecule has 0 aromatic rings. The van der Waals surface area contributed by atoms with Gasteiger partial charge in [0.2, 0.25) is 16.3 Å². The van der Waals surface area contributed by atoms with Gasteiger partial charge >= 0.3 is 0 Å². The molecule has 1 aliphatic carbocycles. The molecule has 0 spiro atoms. The Morgan fingerprint density at radius 1 is 1.33 bits per heavy atom. The summed E-state index contributed by atoms with van der Waals surface area (Å²) >= 11 is 1.05. The van der Waals surface area contributed by atoms with Gasteiger partial charge in [-0.2, -0.15) is 0 Å². The summed E-state index contributed by atoms with van der Waals surface area (Å²) in [6, 6.07) is 0. The normalized spacial score (nSPS) is 42.9. The highest BCUT2D eigenvalue weighted by Gasteiger charge is 2.37.